The van der Waals surface area contributed by atoms with Crippen LogP contribution in [-0.2, 0) is 0 Å². The molecule has 0 unspecified atom stereocenters. The zero-order chi connectivity index (χ0) is 13.7. The van der Waals surface area contributed by atoms with Crippen LogP contribution in [0.1, 0.15) is 0 Å². The standard InChI is InChI=1S/C12H17N7/c1-19(2)18-12-10(13)11(14-8-15-12)17-16-9-6-4-3-5-7-9/h3-8,16H,13H2,1-2H3,(H2,14,15,17,18). The summed E-state index contributed by atoms with van der Waals surface area (Å²) in [5.74, 6) is 1.07. The van der Waals surface area contributed by atoms with Gasteiger partial charge in [-0.25, -0.2) is 15.0 Å². The number of para-hydroxylation sites is 1. The van der Waals surface area contributed by atoms with Gasteiger partial charge < -0.3 is 11.2 Å². The van der Waals surface area contributed by atoms with E-state index in [0.717, 1.165) is 5.69 Å². The van der Waals surface area contributed by atoms with Crippen molar-refractivity contribution in [3.63, 3.8) is 0 Å². The zero-order valence-corrected chi connectivity index (χ0v) is 10.9. The van der Waals surface area contributed by atoms with Gasteiger partial charge in [0, 0.05) is 14.1 Å². The van der Waals surface area contributed by atoms with E-state index < -0.39 is 0 Å². The maximum atomic E-state index is 5.98. The molecule has 0 spiro atoms. The first-order valence-corrected chi connectivity index (χ1v) is 5.78. The lowest BCUT2D eigenvalue weighted by Gasteiger charge is -2.16. The second-order valence-electron chi connectivity index (χ2n) is 4.11. The van der Waals surface area contributed by atoms with Gasteiger partial charge in [-0.1, -0.05) is 18.2 Å². The largest absolute Gasteiger partial charge is 0.393 e. The molecule has 5 N–H and O–H groups in total. The van der Waals surface area contributed by atoms with E-state index >= 15 is 0 Å². The van der Waals surface area contributed by atoms with Crippen molar-refractivity contribution < 1.29 is 0 Å². The summed E-state index contributed by atoms with van der Waals surface area (Å²) in [5, 5.41) is 1.76. The molecule has 1 aromatic heterocycles. The number of nitrogen functional groups attached to an aromatic ring is 1. The van der Waals surface area contributed by atoms with E-state index in [2.05, 4.69) is 26.2 Å². The van der Waals surface area contributed by atoms with Crippen LogP contribution in [0.2, 0.25) is 0 Å². The van der Waals surface area contributed by atoms with Gasteiger partial charge in [-0.05, 0) is 12.1 Å². The molecule has 2 aromatic rings. The third kappa shape index (κ3) is 3.46. The summed E-state index contributed by atoms with van der Waals surface area (Å²) < 4.78 is 0. The van der Waals surface area contributed by atoms with Gasteiger partial charge in [0.05, 0.1) is 5.69 Å². The van der Waals surface area contributed by atoms with Crippen LogP contribution in [0.25, 0.3) is 0 Å². The molecule has 1 aromatic carbocycles. The number of hydrazine groups is 2. The van der Waals surface area contributed by atoms with E-state index in [1.807, 2.05) is 44.4 Å². The van der Waals surface area contributed by atoms with Crippen LogP contribution in [0.15, 0.2) is 36.7 Å². The van der Waals surface area contributed by atoms with Gasteiger partial charge in [0.1, 0.15) is 12.0 Å². The molecule has 0 aliphatic carbocycles. The average Bonchev–Trinajstić information content (AvgIpc) is 2.40. The number of nitrogens with zero attached hydrogens (tertiary/aromatic N) is 3. The van der Waals surface area contributed by atoms with E-state index in [1.165, 1.54) is 6.33 Å². The molecule has 0 saturated carbocycles. The fourth-order valence-corrected chi connectivity index (χ4v) is 1.45. The van der Waals surface area contributed by atoms with Crippen LogP contribution in [-0.4, -0.2) is 29.1 Å². The van der Waals surface area contributed by atoms with Gasteiger partial charge >= 0.3 is 0 Å². The van der Waals surface area contributed by atoms with Crippen molar-refractivity contribution in [3.05, 3.63) is 36.7 Å². The molecule has 19 heavy (non-hydrogen) atoms. The lowest BCUT2D eigenvalue weighted by atomic mass is 10.3. The molecule has 7 heteroatoms. The smallest absolute Gasteiger partial charge is 0.173 e. The molecule has 0 amide bonds. The number of aromatic nitrogens is 2. The molecule has 0 bridgehead atoms. The second-order valence-corrected chi connectivity index (χ2v) is 4.11. The zero-order valence-electron chi connectivity index (χ0n) is 10.9. The minimum atomic E-state index is 0.444. The van der Waals surface area contributed by atoms with Gasteiger partial charge in [-0.3, -0.25) is 10.9 Å². The molecule has 0 fully saturated rings. The van der Waals surface area contributed by atoms with Crippen LogP contribution < -0.4 is 22.0 Å². The van der Waals surface area contributed by atoms with Gasteiger partial charge in [0.2, 0.25) is 0 Å². The Morgan fingerprint density at radius 1 is 1.00 bits per heavy atom. The normalized spacial score (nSPS) is 10.3. The molecule has 0 aliphatic rings. The number of rotatable bonds is 5. The van der Waals surface area contributed by atoms with E-state index in [9.17, 15) is 0 Å². The quantitative estimate of drug-likeness (QED) is 0.603. The maximum Gasteiger partial charge on any atom is 0.173 e. The summed E-state index contributed by atoms with van der Waals surface area (Å²) in [6, 6.07) is 9.69. The molecule has 2 rings (SSSR count). The number of hydrogen-bond donors (Lipinski definition) is 4. The topological polar surface area (TPSA) is 91.1 Å². The highest BCUT2D eigenvalue weighted by Gasteiger charge is 2.07. The highest BCUT2D eigenvalue weighted by atomic mass is 15.5. The lowest BCUT2D eigenvalue weighted by molar-refractivity contribution is 0.492. The van der Waals surface area contributed by atoms with Gasteiger partial charge in [0.25, 0.3) is 0 Å². The number of nitrogens with one attached hydrogen (secondary N) is 3. The number of anilines is 4. The number of nitrogens with two attached hydrogens (primary N) is 1. The first kappa shape index (κ1) is 12.9. The predicted molar refractivity (Wildman–Crippen MR) is 77.4 cm³/mol. The monoisotopic (exact) mass is 259 g/mol. The SMILES string of the molecule is CN(C)Nc1ncnc(NNc2ccccc2)c1N. The highest BCUT2D eigenvalue weighted by Crippen LogP contribution is 2.22. The molecule has 100 valence electrons. The van der Waals surface area contributed by atoms with Crippen molar-refractivity contribution in [2.75, 3.05) is 36.1 Å². The van der Waals surface area contributed by atoms with Crippen molar-refractivity contribution in [2.45, 2.75) is 0 Å². The summed E-state index contributed by atoms with van der Waals surface area (Å²) in [4.78, 5) is 8.17. The molecule has 0 atom stereocenters. The maximum absolute atomic E-state index is 5.98. The number of hydrogen-bond acceptors (Lipinski definition) is 7. The van der Waals surface area contributed by atoms with Crippen molar-refractivity contribution in [1.82, 2.24) is 15.0 Å². The van der Waals surface area contributed by atoms with E-state index in [4.69, 9.17) is 5.73 Å². The van der Waals surface area contributed by atoms with E-state index in [1.54, 1.807) is 5.01 Å². The Bertz CT molecular complexity index is 527. The van der Waals surface area contributed by atoms with Crippen LogP contribution >= 0.6 is 0 Å². The highest BCUT2D eigenvalue weighted by molar-refractivity contribution is 5.74. The predicted octanol–water partition coefficient (Wildman–Crippen LogP) is 1.39. The fraction of sp³-hybridized carbons (Fsp3) is 0.167. The third-order valence-electron chi connectivity index (χ3n) is 2.31. The molecular formula is C12H17N7. The lowest BCUT2D eigenvalue weighted by Crippen LogP contribution is -2.22. The van der Waals surface area contributed by atoms with Gasteiger partial charge in [-0.15, -0.1) is 0 Å². The third-order valence-corrected chi connectivity index (χ3v) is 2.31. The molecular weight excluding hydrogens is 242 g/mol. The summed E-state index contributed by atoms with van der Waals surface area (Å²) in [6.07, 6.45) is 1.44. The summed E-state index contributed by atoms with van der Waals surface area (Å²) in [6.45, 7) is 0. The van der Waals surface area contributed by atoms with Gasteiger partial charge in [0.15, 0.2) is 11.6 Å². The first-order chi connectivity index (χ1) is 9.16. The van der Waals surface area contributed by atoms with Crippen LogP contribution in [0, 0.1) is 0 Å². The van der Waals surface area contributed by atoms with E-state index in [0.29, 0.717) is 17.3 Å². The molecule has 1 heterocycles. The Morgan fingerprint density at radius 3 is 2.37 bits per heavy atom. The Morgan fingerprint density at radius 2 is 1.68 bits per heavy atom. The van der Waals surface area contributed by atoms with Crippen molar-refractivity contribution in [3.8, 4) is 0 Å². The van der Waals surface area contributed by atoms with Crippen LogP contribution in [0.4, 0.5) is 23.0 Å². The molecule has 0 saturated heterocycles. The Balaban J connectivity index is 2.08. The van der Waals surface area contributed by atoms with Gasteiger partial charge in [-0.2, -0.15) is 0 Å². The Labute approximate surface area is 111 Å². The fourth-order valence-electron chi connectivity index (χ4n) is 1.45. The van der Waals surface area contributed by atoms with Crippen LogP contribution in [0.5, 0.6) is 0 Å². The molecule has 7 nitrogen and oxygen atoms in total. The minimum Gasteiger partial charge on any atom is -0.393 e. The summed E-state index contributed by atoms with van der Waals surface area (Å²) >= 11 is 0. The minimum absolute atomic E-state index is 0.444. The molecule has 0 aliphatic heterocycles. The number of benzene rings is 1. The Kier molecular flexibility index (Phi) is 3.99. The van der Waals surface area contributed by atoms with Crippen LogP contribution in [0.3, 0.4) is 0 Å². The van der Waals surface area contributed by atoms with Crippen molar-refractivity contribution in [2.24, 2.45) is 0 Å². The summed E-state index contributed by atoms with van der Waals surface area (Å²) in [5.41, 5.74) is 16.3. The second kappa shape index (κ2) is 5.87. The van der Waals surface area contributed by atoms with E-state index in [-0.39, 0.29) is 0 Å². The van der Waals surface area contributed by atoms with Crippen molar-refractivity contribution >= 4 is 23.0 Å². The average molecular weight is 259 g/mol. The Hall–Kier alpha value is -2.54. The first-order valence-electron chi connectivity index (χ1n) is 5.78. The summed E-state index contributed by atoms with van der Waals surface area (Å²) in [7, 11) is 3.72. The van der Waals surface area contributed by atoms with Crippen molar-refractivity contribution in [1.29, 1.82) is 0 Å². The molecule has 0 radical (unpaired) electrons.